The molecular weight excluding hydrogens is 378 g/mol. The van der Waals surface area contributed by atoms with Crippen molar-refractivity contribution in [2.75, 3.05) is 12.4 Å². The third-order valence-electron chi connectivity index (χ3n) is 4.97. The number of rotatable bonds is 7. The molecule has 0 saturated carbocycles. The van der Waals surface area contributed by atoms with Gasteiger partial charge in [-0.2, -0.15) is 5.10 Å². The number of aryl methyl sites for hydroxylation is 4. The van der Waals surface area contributed by atoms with E-state index in [1.54, 1.807) is 13.2 Å². The standard InChI is InChI=1S/C24H27N3O3/c1-16-14-17(2)24(18(3)15-16)25-22(28)6-5-13-27-23(29)12-11-21(26-27)19-7-9-20(30-4)10-8-19/h7-12,14-15H,5-6,13H2,1-4H3,(H,25,28). The van der Waals surface area contributed by atoms with E-state index >= 15 is 0 Å². The molecule has 0 spiro atoms. The monoisotopic (exact) mass is 405 g/mol. The van der Waals surface area contributed by atoms with E-state index in [0.29, 0.717) is 25.1 Å². The van der Waals surface area contributed by atoms with Crippen LogP contribution < -0.4 is 15.6 Å². The lowest BCUT2D eigenvalue weighted by molar-refractivity contribution is -0.116. The van der Waals surface area contributed by atoms with Crippen LogP contribution in [0.2, 0.25) is 0 Å². The first-order valence-corrected chi connectivity index (χ1v) is 9.97. The number of aromatic nitrogens is 2. The van der Waals surface area contributed by atoms with Crippen LogP contribution in [0.1, 0.15) is 29.5 Å². The minimum absolute atomic E-state index is 0.0654. The van der Waals surface area contributed by atoms with Crippen molar-refractivity contribution in [1.82, 2.24) is 9.78 Å². The number of methoxy groups -OCH3 is 1. The van der Waals surface area contributed by atoms with Crippen LogP contribution in [0.15, 0.2) is 53.3 Å². The zero-order chi connectivity index (χ0) is 21.7. The number of anilines is 1. The molecule has 3 aromatic rings. The molecule has 30 heavy (non-hydrogen) atoms. The van der Waals surface area contributed by atoms with Crippen LogP contribution in [0.3, 0.4) is 0 Å². The van der Waals surface area contributed by atoms with Crippen molar-refractivity contribution < 1.29 is 9.53 Å². The molecule has 0 radical (unpaired) electrons. The third-order valence-corrected chi connectivity index (χ3v) is 4.97. The summed E-state index contributed by atoms with van der Waals surface area (Å²) in [6.45, 7) is 6.39. The molecule has 3 rings (SSSR count). The summed E-state index contributed by atoms with van der Waals surface area (Å²) in [5.41, 5.74) is 5.54. The maximum atomic E-state index is 12.4. The van der Waals surface area contributed by atoms with Gasteiger partial charge in [0, 0.05) is 30.3 Å². The van der Waals surface area contributed by atoms with Crippen molar-refractivity contribution in [2.24, 2.45) is 0 Å². The first-order chi connectivity index (χ1) is 14.4. The van der Waals surface area contributed by atoms with Crippen LogP contribution in [-0.4, -0.2) is 22.8 Å². The molecule has 0 fully saturated rings. The van der Waals surface area contributed by atoms with Crippen LogP contribution in [0, 0.1) is 20.8 Å². The fourth-order valence-electron chi connectivity index (χ4n) is 3.49. The Morgan fingerprint density at radius 2 is 1.70 bits per heavy atom. The summed E-state index contributed by atoms with van der Waals surface area (Å²) in [7, 11) is 1.62. The van der Waals surface area contributed by atoms with Crippen molar-refractivity contribution in [3.63, 3.8) is 0 Å². The molecular formula is C24H27N3O3. The van der Waals surface area contributed by atoms with Gasteiger partial charge in [0.2, 0.25) is 5.91 Å². The largest absolute Gasteiger partial charge is 0.497 e. The summed E-state index contributed by atoms with van der Waals surface area (Å²) in [4.78, 5) is 24.6. The van der Waals surface area contributed by atoms with E-state index in [0.717, 1.165) is 28.1 Å². The fraction of sp³-hybridized carbons (Fsp3) is 0.292. The lowest BCUT2D eigenvalue weighted by Gasteiger charge is -2.13. The molecule has 1 aromatic heterocycles. The van der Waals surface area contributed by atoms with Gasteiger partial charge < -0.3 is 10.1 Å². The highest BCUT2D eigenvalue weighted by Crippen LogP contribution is 2.22. The van der Waals surface area contributed by atoms with Crippen molar-refractivity contribution in [3.05, 3.63) is 75.6 Å². The lowest BCUT2D eigenvalue weighted by atomic mass is 10.0. The predicted molar refractivity (Wildman–Crippen MR) is 119 cm³/mol. The van der Waals surface area contributed by atoms with Crippen molar-refractivity contribution in [2.45, 2.75) is 40.2 Å². The van der Waals surface area contributed by atoms with E-state index < -0.39 is 0 Å². The summed E-state index contributed by atoms with van der Waals surface area (Å²) in [6.07, 6.45) is 0.836. The number of nitrogens with zero attached hydrogens (tertiary/aromatic N) is 2. The van der Waals surface area contributed by atoms with Gasteiger partial charge in [0.15, 0.2) is 0 Å². The smallest absolute Gasteiger partial charge is 0.266 e. The normalized spacial score (nSPS) is 10.7. The molecule has 6 heteroatoms. The molecule has 0 aliphatic rings. The van der Waals surface area contributed by atoms with E-state index in [1.165, 1.54) is 16.3 Å². The minimum atomic E-state index is -0.183. The maximum Gasteiger partial charge on any atom is 0.266 e. The van der Waals surface area contributed by atoms with Crippen LogP contribution >= 0.6 is 0 Å². The van der Waals surface area contributed by atoms with E-state index in [-0.39, 0.29) is 11.5 Å². The van der Waals surface area contributed by atoms with E-state index in [1.807, 2.05) is 45.0 Å². The molecule has 1 amide bonds. The van der Waals surface area contributed by atoms with Gasteiger partial charge in [-0.15, -0.1) is 0 Å². The van der Waals surface area contributed by atoms with Gasteiger partial charge in [0.05, 0.1) is 12.8 Å². The Morgan fingerprint density at radius 3 is 2.33 bits per heavy atom. The molecule has 1 heterocycles. The highest BCUT2D eigenvalue weighted by Gasteiger charge is 2.09. The summed E-state index contributed by atoms with van der Waals surface area (Å²) >= 11 is 0. The quantitative estimate of drug-likeness (QED) is 0.637. The zero-order valence-electron chi connectivity index (χ0n) is 17.9. The Balaban J connectivity index is 1.63. The topological polar surface area (TPSA) is 73.2 Å². The number of ether oxygens (including phenoxy) is 1. The van der Waals surface area contributed by atoms with Gasteiger partial charge in [-0.25, -0.2) is 4.68 Å². The molecule has 156 valence electrons. The summed E-state index contributed by atoms with van der Waals surface area (Å²) < 4.78 is 6.58. The minimum Gasteiger partial charge on any atom is -0.497 e. The van der Waals surface area contributed by atoms with Gasteiger partial charge in [-0.05, 0) is 68.7 Å². The molecule has 0 saturated heterocycles. The Bertz CT molecular complexity index is 1080. The van der Waals surface area contributed by atoms with Crippen molar-refractivity contribution >= 4 is 11.6 Å². The molecule has 0 aliphatic heterocycles. The predicted octanol–water partition coefficient (Wildman–Crippen LogP) is 4.26. The molecule has 1 N–H and O–H groups in total. The van der Waals surface area contributed by atoms with Crippen molar-refractivity contribution in [1.29, 1.82) is 0 Å². The number of carbonyl (C=O) groups excluding carboxylic acids is 1. The number of carbonyl (C=O) groups is 1. The molecule has 2 aromatic carbocycles. The van der Waals surface area contributed by atoms with Gasteiger partial charge in [0.1, 0.15) is 5.75 Å². The summed E-state index contributed by atoms with van der Waals surface area (Å²) in [5.74, 6) is 0.696. The second kappa shape index (κ2) is 9.39. The number of hydrogen-bond donors (Lipinski definition) is 1. The molecule has 0 aliphatic carbocycles. The Labute approximate surface area is 176 Å². The van der Waals surface area contributed by atoms with E-state index in [9.17, 15) is 9.59 Å². The average Bonchev–Trinajstić information content (AvgIpc) is 2.72. The molecule has 6 nitrogen and oxygen atoms in total. The SMILES string of the molecule is COc1ccc(-c2ccc(=O)n(CCCC(=O)Nc3c(C)cc(C)cc3C)n2)cc1. The Hall–Kier alpha value is -3.41. The van der Waals surface area contributed by atoms with Gasteiger partial charge >= 0.3 is 0 Å². The number of nitrogens with one attached hydrogen (secondary N) is 1. The number of amides is 1. The van der Waals surface area contributed by atoms with Gasteiger partial charge in [0.25, 0.3) is 5.56 Å². The van der Waals surface area contributed by atoms with Crippen molar-refractivity contribution in [3.8, 4) is 17.0 Å². The highest BCUT2D eigenvalue weighted by molar-refractivity contribution is 5.92. The highest BCUT2D eigenvalue weighted by atomic mass is 16.5. The number of hydrogen-bond acceptors (Lipinski definition) is 4. The Kier molecular flexibility index (Phi) is 6.67. The van der Waals surface area contributed by atoms with Crippen LogP contribution in [0.4, 0.5) is 5.69 Å². The first kappa shape index (κ1) is 21.3. The lowest BCUT2D eigenvalue weighted by Crippen LogP contribution is -2.23. The average molecular weight is 405 g/mol. The number of benzene rings is 2. The first-order valence-electron chi connectivity index (χ1n) is 9.97. The van der Waals surface area contributed by atoms with E-state index in [2.05, 4.69) is 22.5 Å². The van der Waals surface area contributed by atoms with Gasteiger partial charge in [-0.3, -0.25) is 9.59 Å². The molecule has 0 atom stereocenters. The third kappa shape index (κ3) is 5.14. The zero-order valence-corrected chi connectivity index (χ0v) is 17.9. The molecule has 0 unspecified atom stereocenters. The van der Waals surface area contributed by atoms with Crippen LogP contribution in [0.25, 0.3) is 11.3 Å². The summed E-state index contributed by atoms with van der Waals surface area (Å²) in [5, 5.41) is 7.44. The van der Waals surface area contributed by atoms with E-state index in [4.69, 9.17) is 4.74 Å². The fourth-order valence-corrected chi connectivity index (χ4v) is 3.49. The second-order valence-electron chi connectivity index (χ2n) is 7.43. The Morgan fingerprint density at radius 1 is 1.03 bits per heavy atom. The van der Waals surface area contributed by atoms with Gasteiger partial charge in [-0.1, -0.05) is 17.7 Å². The van der Waals surface area contributed by atoms with Crippen LogP contribution in [-0.2, 0) is 11.3 Å². The second-order valence-corrected chi connectivity index (χ2v) is 7.43. The molecule has 0 bridgehead atoms. The summed E-state index contributed by atoms with van der Waals surface area (Å²) in [6, 6.07) is 14.8. The van der Waals surface area contributed by atoms with Crippen LogP contribution in [0.5, 0.6) is 5.75 Å². The maximum absolute atomic E-state index is 12.4.